The lowest BCUT2D eigenvalue weighted by Gasteiger charge is -2.26. The van der Waals surface area contributed by atoms with Crippen molar-refractivity contribution < 1.29 is 13.9 Å². The van der Waals surface area contributed by atoms with Crippen molar-refractivity contribution in [1.29, 1.82) is 0 Å². The van der Waals surface area contributed by atoms with Crippen LogP contribution in [0.2, 0.25) is 10.0 Å². The molecule has 1 atom stereocenters. The third-order valence-corrected chi connectivity index (χ3v) is 5.03. The number of carbonyl (C=O) groups excluding carboxylic acids is 1. The topological polar surface area (TPSA) is 63.6 Å². The molecule has 0 saturated carbocycles. The van der Waals surface area contributed by atoms with E-state index in [4.69, 9.17) is 27.9 Å². The number of halogens is 3. The molecular weight excluding hydrogens is 400 g/mol. The molecular formula is C17H14Cl2FN3O2S. The highest BCUT2D eigenvalue weighted by Crippen LogP contribution is 2.37. The van der Waals surface area contributed by atoms with Crippen molar-refractivity contribution in [3.63, 3.8) is 0 Å². The number of nitrogens with zero attached hydrogens (tertiary/aromatic N) is 2. The van der Waals surface area contributed by atoms with Crippen LogP contribution in [-0.2, 0) is 9.53 Å². The molecule has 1 aromatic heterocycles. The Bertz CT molecular complexity index is 926. The number of carbonyl (C=O) groups is 1. The first-order valence-electron chi connectivity index (χ1n) is 7.70. The summed E-state index contributed by atoms with van der Waals surface area (Å²) in [6, 6.07) is 4.23. The Morgan fingerprint density at radius 1 is 1.42 bits per heavy atom. The van der Waals surface area contributed by atoms with Crippen LogP contribution in [-0.4, -0.2) is 23.4 Å². The van der Waals surface area contributed by atoms with Gasteiger partial charge in [0.25, 0.3) is 0 Å². The van der Waals surface area contributed by atoms with Crippen LogP contribution in [0.15, 0.2) is 40.7 Å². The molecule has 3 rings (SSSR count). The van der Waals surface area contributed by atoms with Crippen LogP contribution in [0.3, 0.4) is 0 Å². The van der Waals surface area contributed by atoms with Crippen LogP contribution in [0.5, 0.6) is 0 Å². The summed E-state index contributed by atoms with van der Waals surface area (Å²) in [7, 11) is 0. The molecule has 1 aliphatic rings. The molecule has 1 N–H and O–H groups in total. The number of aromatic nitrogens is 1. The van der Waals surface area contributed by atoms with Gasteiger partial charge in [0.15, 0.2) is 16.0 Å². The van der Waals surface area contributed by atoms with Gasteiger partial charge in [-0.05, 0) is 26.0 Å². The summed E-state index contributed by atoms with van der Waals surface area (Å²) in [6.07, 6.45) is 1.12. The zero-order valence-corrected chi connectivity index (χ0v) is 16.2. The van der Waals surface area contributed by atoms with E-state index in [1.165, 1.54) is 0 Å². The minimum atomic E-state index is -0.720. The lowest BCUT2D eigenvalue weighted by molar-refractivity contribution is -0.138. The third-order valence-electron chi connectivity index (χ3n) is 3.67. The second-order valence-corrected chi connectivity index (χ2v) is 7.22. The summed E-state index contributed by atoms with van der Waals surface area (Å²) in [5.41, 5.74) is 1.46. The Kier molecular flexibility index (Phi) is 5.60. The zero-order valence-electron chi connectivity index (χ0n) is 13.8. The molecule has 0 spiro atoms. The quantitative estimate of drug-likeness (QED) is 0.748. The molecule has 0 bridgehead atoms. The second-order valence-electron chi connectivity index (χ2n) is 5.40. The van der Waals surface area contributed by atoms with E-state index in [9.17, 15) is 9.18 Å². The number of allylic oxidation sites excluding steroid dienone is 1. The summed E-state index contributed by atoms with van der Waals surface area (Å²) < 4.78 is 18.5. The summed E-state index contributed by atoms with van der Waals surface area (Å²) >= 11 is 13.2. The van der Waals surface area contributed by atoms with Crippen LogP contribution in [0.4, 0.5) is 4.39 Å². The van der Waals surface area contributed by atoms with Gasteiger partial charge in [-0.1, -0.05) is 40.6 Å². The van der Waals surface area contributed by atoms with E-state index in [2.05, 4.69) is 15.3 Å². The molecule has 0 fully saturated rings. The van der Waals surface area contributed by atoms with Crippen LogP contribution in [0.1, 0.15) is 30.5 Å². The number of rotatable bonds is 4. The molecule has 2 aromatic rings. The first-order valence-corrected chi connectivity index (χ1v) is 9.27. The maximum absolute atomic E-state index is 13.4. The number of aliphatic imine (C=N–C) groups is 1. The monoisotopic (exact) mass is 413 g/mol. The highest BCUT2D eigenvalue weighted by molar-refractivity contribution is 7.12. The first kappa shape index (κ1) is 18.8. The fraction of sp³-hybridized carbons (Fsp3) is 0.235. The largest absolute Gasteiger partial charge is 0.463 e. The predicted molar refractivity (Wildman–Crippen MR) is 100 cm³/mol. The van der Waals surface area contributed by atoms with Gasteiger partial charge in [-0.2, -0.15) is 4.39 Å². The van der Waals surface area contributed by atoms with Crippen molar-refractivity contribution in [2.24, 2.45) is 4.99 Å². The normalized spacial score (nSPS) is 17.0. The highest BCUT2D eigenvalue weighted by atomic mass is 35.5. The van der Waals surface area contributed by atoms with Crippen LogP contribution in [0, 0.1) is 5.13 Å². The molecule has 1 aromatic carbocycles. The van der Waals surface area contributed by atoms with Gasteiger partial charge in [-0.3, -0.25) is 4.99 Å². The first-order chi connectivity index (χ1) is 12.4. The number of ether oxygens (including phenoxy) is 1. The van der Waals surface area contributed by atoms with Gasteiger partial charge >= 0.3 is 5.97 Å². The number of benzene rings is 1. The number of amidine groups is 1. The third kappa shape index (κ3) is 3.75. The number of hydrogen-bond acceptors (Lipinski definition) is 6. The van der Waals surface area contributed by atoms with Gasteiger partial charge in [0.05, 0.1) is 18.4 Å². The van der Waals surface area contributed by atoms with Gasteiger partial charge in [-0.25, -0.2) is 9.78 Å². The number of esters is 1. The summed E-state index contributed by atoms with van der Waals surface area (Å²) in [5.74, 6) is -0.137. The smallest absolute Gasteiger partial charge is 0.338 e. The molecule has 0 aliphatic carbocycles. The molecule has 136 valence electrons. The zero-order chi connectivity index (χ0) is 18.8. The van der Waals surface area contributed by atoms with Crippen LogP contribution >= 0.6 is 34.5 Å². The van der Waals surface area contributed by atoms with E-state index in [1.54, 1.807) is 32.0 Å². The molecule has 1 unspecified atom stereocenters. The van der Waals surface area contributed by atoms with Gasteiger partial charge < -0.3 is 10.1 Å². The maximum atomic E-state index is 13.4. The average molecular weight is 414 g/mol. The fourth-order valence-electron chi connectivity index (χ4n) is 2.57. The Labute approximate surface area is 163 Å². The highest BCUT2D eigenvalue weighted by Gasteiger charge is 2.32. The summed E-state index contributed by atoms with van der Waals surface area (Å²) in [5, 5.41) is 3.79. The minimum absolute atomic E-state index is 0.227. The van der Waals surface area contributed by atoms with Crippen molar-refractivity contribution in [2.45, 2.75) is 19.9 Å². The van der Waals surface area contributed by atoms with E-state index < -0.39 is 17.1 Å². The minimum Gasteiger partial charge on any atom is -0.463 e. The average Bonchev–Trinajstić information content (AvgIpc) is 3.01. The molecule has 0 amide bonds. The molecule has 0 radical (unpaired) electrons. The Morgan fingerprint density at radius 2 is 2.19 bits per heavy atom. The van der Waals surface area contributed by atoms with E-state index in [1.807, 2.05) is 0 Å². The number of thiazole rings is 1. The molecule has 9 heteroatoms. The molecule has 0 saturated heterocycles. The van der Waals surface area contributed by atoms with E-state index in [0.717, 1.165) is 17.5 Å². The lowest BCUT2D eigenvalue weighted by atomic mass is 9.96. The van der Waals surface area contributed by atoms with Crippen LogP contribution < -0.4 is 5.32 Å². The van der Waals surface area contributed by atoms with Crippen molar-refractivity contribution in [2.75, 3.05) is 6.61 Å². The Balaban J connectivity index is 2.12. The second kappa shape index (κ2) is 7.73. The summed E-state index contributed by atoms with van der Waals surface area (Å²) in [6.45, 7) is 3.67. The van der Waals surface area contributed by atoms with Crippen molar-refractivity contribution in [3.8, 4) is 0 Å². The molecule has 26 heavy (non-hydrogen) atoms. The predicted octanol–water partition coefficient (Wildman–Crippen LogP) is 4.52. The van der Waals surface area contributed by atoms with Crippen molar-refractivity contribution >= 4 is 46.3 Å². The Morgan fingerprint density at radius 3 is 2.81 bits per heavy atom. The summed E-state index contributed by atoms with van der Waals surface area (Å²) in [4.78, 5) is 21.1. The van der Waals surface area contributed by atoms with Crippen LogP contribution in [0.25, 0.3) is 0 Å². The number of hydrogen-bond donors (Lipinski definition) is 1. The fourth-order valence-corrected chi connectivity index (χ4v) is 3.68. The van der Waals surface area contributed by atoms with Gasteiger partial charge in [0.2, 0.25) is 0 Å². The SMILES string of the molecule is CCOC(=O)C1=C(C)NC(c2ncc(F)s2)=NC1c1ccc(Cl)cc1Cl. The van der Waals surface area contributed by atoms with Gasteiger partial charge in [-0.15, -0.1) is 0 Å². The standard InChI is InChI=1S/C17H14Cl2FN3O2S/c1-3-25-17(24)13-8(2)22-15(16-21-7-12(20)26-16)23-14(13)10-5-4-9(18)6-11(10)19/h4-7,14H,3H2,1-2H3,(H,22,23). The molecule has 5 nitrogen and oxygen atoms in total. The van der Waals surface area contributed by atoms with Gasteiger partial charge in [0.1, 0.15) is 6.04 Å². The van der Waals surface area contributed by atoms with Crippen molar-refractivity contribution in [3.05, 3.63) is 61.4 Å². The van der Waals surface area contributed by atoms with E-state index in [-0.39, 0.29) is 6.61 Å². The van der Waals surface area contributed by atoms with Gasteiger partial charge in [0, 0.05) is 21.3 Å². The molecule has 1 aliphatic heterocycles. The number of nitrogens with one attached hydrogen (secondary N) is 1. The molecule has 2 heterocycles. The lowest BCUT2D eigenvalue weighted by Crippen LogP contribution is -2.32. The maximum Gasteiger partial charge on any atom is 0.338 e. The van der Waals surface area contributed by atoms with E-state index >= 15 is 0 Å². The van der Waals surface area contributed by atoms with Crippen molar-refractivity contribution in [1.82, 2.24) is 10.3 Å². The van der Waals surface area contributed by atoms with E-state index in [0.29, 0.717) is 37.7 Å². The Hall–Kier alpha value is -1.96.